The number of carbonyl (C=O) groups is 2. The van der Waals surface area contributed by atoms with Gasteiger partial charge in [0.1, 0.15) is 0 Å². The molecule has 1 rings (SSSR count). The highest BCUT2D eigenvalue weighted by molar-refractivity contribution is 5.95. The van der Waals surface area contributed by atoms with Crippen LogP contribution in [-0.2, 0) is 9.53 Å². The SMILES string of the molecule is COCCNC(=O)c1ccc(NC=O)c(C)c1. The lowest BCUT2D eigenvalue weighted by Gasteiger charge is -2.08. The Kier molecular flexibility index (Phi) is 5.16. The molecule has 0 aliphatic rings. The molecule has 0 aromatic heterocycles. The Bertz CT molecular complexity index is 405. The fourth-order valence-corrected chi connectivity index (χ4v) is 1.40. The topological polar surface area (TPSA) is 67.4 Å². The molecular weight excluding hydrogens is 220 g/mol. The lowest BCUT2D eigenvalue weighted by atomic mass is 10.1. The zero-order valence-electron chi connectivity index (χ0n) is 9.95. The Labute approximate surface area is 100 Å². The number of hydrogen-bond acceptors (Lipinski definition) is 3. The average molecular weight is 236 g/mol. The molecule has 0 unspecified atom stereocenters. The Morgan fingerprint density at radius 3 is 2.82 bits per heavy atom. The number of benzene rings is 1. The van der Waals surface area contributed by atoms with Gasteiger partial charge in [-0.3, -0.25) is 9.59 Å². The third kappa shape index (κ3) is 3.88. The standard InChI is InChI=1S/C12H16N2O3/c1-9-7-10(3-4-11(9)14-8-15)12(16)13-5-6-17-2/h3-4,7-8H,5-6H2,1-2H3,(H,13,16)(H,14,15). The molecule has 0 aliphatic heterocycles. The van der Waals surface area contributed by atoms with Crippen molar-refractivity contribution in [1.82, 2.24) is 5.32 Å². The first-order valence-electron chi connectivity index (χ1n) is 5.27. The molecule has 1 aromatic rings. The van der Waals surface area contributed by atoms with Crippen molar-refractivity contribution in [2.75, 3.05) is 25.6 Å². The number of ether oxygens (including phenoxy) is 1. The van der Waals surface area contributed by atoms with Gasteiger partial charge in [0.15, 0.2) is 0 Å². The van der Waals surface area contributed by atoms with Gasteiger partial charge in [-0.2, -0.15) is 0 Å². The number of nitrogens with one attached hydrogen (secondary N) is 2. The van der Waals surface area contributed by atoms with Crippen molar-refractivity contribution in [1.29, 1.82) is 0 Å². The number of aryl methyl sites for hydroxylation is 1. The first-order chi connectivity index (χ1) is 8.19. The maximum atomic E-state index is 11.7. The quantitative estimate of drug-likeness (QED) is 0.570. The predicted octanol–water partition coefficient (Wildman–Crippen LogP) is 0.940. The molecule has 0 radical (unpaired) electrons. The summed E-state index contributed by atoms with van der Waals surface area (Å²) in [6.07, 6.45) is 0.612. The first-order valence-corrected chi connectivity index (χ1v) is 5.27. The molecule has 0 spiro atoms. The van der Waals surface area contributed by atoms with Gasteiger partial charge >= 0.3 is 0 Å². The van der Waals surface area contributed by atoms with Gasteiger partial charge in [0, 0.05) is 24.9 Å². The van der Waals surface area contributed by atoms with Crippen LogP contribution in [0.4, 0.5) is 5.69 Å². The second-order valence-electron chi connectivity index (χ2n) is 3.54. The van der Waals surface area contributed by atoms with Crippen molar-refractivity contribution in [3.8, 4) is 0 Å². The summed E-state index contributed by atoms with van der Waals surface area (Å²) in [6.45, 7) is 2.79. The highest BCUT2D eigenvalue weighted by Gasteiger charge is 2.06. The smallest absolute Gasteiger partial charge is 0.251 e. The molecule has 0 aliphatic carbocycles. The average Bonchev–Trinajstić information content (AvgIpc) is 2.32. The number of hydrogen-bond donors (Lipinski definition) is 2. The van der Waals surface area contributed by atoms with Gasteiger partial charge in [0.2, 0.25) is 6.41 Å². The Balaban J connectivity index is 2.68. The third-order valence-electron chi connectivity index (χ3n) is 2.29. The van der Waals surface area contributed by atoms with E-state index >= 15 is 0 Å². The van der Waals surface area contributed by atoms with Crippen molar-refractivity contribution >= 4 is 18.0 Å². The van der Waals surface area contributed by atoms with E-state index in [1.165, 1.54) is 0 Å². The summed E-state index contributed by atoms with van der Waals surface area (Å²) in [4.78, 5) is 22.0. The van der Waals surface area contributed by atoms with Crippen molar-refractivity contribution in [2.24, 2.45) is 0 Å². The zero-order chi connectivity index (χ0) is 12.7. The van der Waals surface area contributed by atoms with E-state index in [4.69, 9.17) is 4.74 Å². The van der Waals surface area contributed by atoms with E-state index in [9.17, 15) is 9.59 Å². The monoisotopic (exact) mass is 236 g/mol. The van der Waals surface area contributed by atoms with Crippen LogP contribution in [0.1, 0.15) is 15.9 Å². The molecule has 0 saturated heterocycles. The molecule has 17 heavy (non-hydrogen) atoms. The fourth-order valence-electron chi connectivity index (χ4n) is 1.40. The largest absolute Gasteiger partial charge is 0.383 e. The molecule has 92 valence electrons. The lowest BCUT2D eigenvalue weighted by molar-refractivity contribution is -0.105. The molecule has 5 heteroatoms. The highest BCUT2D eigenvalue weighted by atomic mass is 16.5. The fraction of sp³-hybridized carbons (Fsp3) is 0.333. The van der Waals surface area contributed by atoms with Crippen LogP contribution in [0.25, 0.3) is 0 Å². The van der Waals surface area contributed by atoms with E-state index in [1.807, 2.05) is 6.92 Å². The summed E-state index contributed by atoms with van der Waals surface area (Å²) < 4.78 is 4.84. The van der Waals surface area contributed by atoms with Crippen molar-refractivity contribution in [3.63, 3.8) is 0 Å². The predicted molar refractivity (Wildman–Crippen MR) is 65.1 cm³/mol. The normalized spacial score (nSPS) is 9.76. The summed E-state index contributed by atoms with van der Waals surface area (Å²) >= 11 is 0. The Hall–Kier alpha value is -1.88. The molecular formula is C12H16N2O3. The highest BCUT2D eigenvalue weighted by Crippen LogP contribution is 2.15. The van der Waals surface area contributed by atoms with Crippen LogP contribution >= 0.6 is 0 Å². The summed E-state index contributed by atoms with van der Waals surface area (Å²) in [7, 11) is 1.58. The molecule has 0 fully saturated rings. The van der Waals surface area contributed by atoms with Crippen LogP contribution in [0.3, 0.4) is 0 Å². The van der Waals surface area contributed by atoms with Gasteiger partial charge < -0.3 is 15.4 Å². The van der Waals surface area contributed by atoms with E-state index < -0.39 is 0 Å². The molecule has 0 bridgehead atoms. The summed E-state index contributed by atoms with van der Waals surface area (Å²) in [5.41, 5.74) is 2.11. The summed E-state index contributed by atoms with van der Waals surface area (Å²) in [5, 5.41) is 5.29. The summed E-state index contributed by atoms with van der Waals surface area (Å²) in [5.74, 6) is -0.150. The molecule has 0 saturated carbocycles. The van der Waals surface area contributed by atoms with E-state index in [0.717, 1.165) is 5.56 Å². The van der Waals surface area contributed by atoms with Crippen LogP contribution in [0.5, 0.6) is 0 Å². The zero-order valence-corrected chi connectivity index (χ0v) is 9.95. The van der Waals surface area contributed by atoms with Crippen molar-refractivity contribution in [2.45, 2.75) is 6.92 Å². The second-order valence-corrected chi connectivity index (χ2v) is 3.54. The minimum Gasteiger partial charge on any atom is -0.383 e. The van der Waals surface area contributed by atoms with Gasteiger partial charge in [0.25, 0.3) is 5.91 Å². The van der Waals surface area contributed by atoms with E-state index in [2.05, 4.69) is 10.6 Å². The number of methoxy groups -OCH3 is 1. The molecule has 1 aromatic carbocycles. The molecule has 0 heterocycles. The maximum absolute atomic E-state index is 11.7. The molecule has 0 atom stereocenters. The van der Waals surface area contributed by atoms with Gasteiger partial charge in [-0.15, -0.1) is 0 Å². The maximum Gasteiger partial charge on any atom is 0.251 e. The van der Waals surface area contributed by atoms with Crippen molar-refractivity contribution < 1.29 is 14.3 Å². The third-order valence-corrected chi connectivity index (χ3v) is 2.29. The van der Waals surface area contributed by atoms with Crippen LogP contribution in [-0.4, -0.2) is 32.6 Å². The number of amides is 2. The van der Waals surface area contributed by atoms with Gasteiger partial charge in [-0.05, 0) is 30.7 Å². The minimum absolute atomic E-state index is 0.150. The molecule has 2 N–H and O–H groups in total. The number of carbonyl (C=O) groups excluding carboxylic acids is 2. The second kappa shape index (κ2) is 6.65. The van der Waals surface area contributed by atoms with Crippen molar-refractivity contribution in [3.05, 3.63) is 29.3 Å². The van der Waals surface area contributed by atoms with Gasteiger partial charge in [0.05, 0.1) is 6.61 Å². The van der Waals surface area contributed by atoms with Gasteiger partial charge in [-0.25, -0.2) is 0 Å². The minimum atomic E-state index is -0.150. The van der Waals surface area contributed by atoms with Crippen LogP contribution in [0, 0.1) is 6.92 Å². The van der Waals surface area contributed by atoms with Crippen LogP contribution < -0.4 is 10.6 Å². The Morgan fingerprint density at radius 1 is 1.47 bits per heavy atom. The lowest BCUT2D eigenvalue weighted by Crippen LogP contribution is -2.26. The Morgan fingerprint density at radius 2 is 2.24 bits per heavy atom. The van der Waals surface area contributed by atoms with Crippen LogP contribution in [0.2, 0.25) is 0 Å². The molecule has 2 amide bonds. The number of rotatable bonds is 6. The van der Waals surface area contributed by atoms with E-state index in [0.29, 0.717) is 30.8 Å². The van der Waals surface area contributed by atoms with E-state index in [1.54, 1.807) is 25.3 Å². The first kappa shape index (κ1) is 13.2. The van der Waals surface area contributed by atoms with Crippen LogP contribution in [0.15, 0.2) is 18.2 Å². The van der Waals surface area contributed by atoms with E-state index in [-0.39, 0.29) is 5.91 Å². The molecule has 5 nitrogen and oxygen atoms in total. The number of anilines is 1. The summed E-state index contributed by atoms with van der Waals surface area (Å²) in [6, 6.07) is 5.10. The van der Waals surface area contributed by atoms with Gasteiger partial charge in [-0.1, -0.05) is 0 Å².